The highest BCUT2D eigenvalue weighted by molar-refractivity contribution is 7.92. The maximum atomic E-state index is 14.6. The summed E-state index contributed by atoms with van der Waals surface area (Å²) < 4.78 is 35.1. The molecule has 0 unspecified atom stereocenters. The van der Waals surface area contributed by atoms with Crippen LogP contribution in [0.3, 0.4) is 0 Å². The summed E-state index contributed by atoms with van der Waals surface area (Å²) in [6.45, 7) is 1.82. The number of ether oxygens (including phenoxy) is 1. The van der Waals surface area contributed by atoms with E-state index in [9.17, 15) is 18.0 Å². The van der Waals surface area contributed by atoms with Crippen LogP contribution < -0.4 is 14.4 Å². The van der Waals surface area contributed by atoms with Crippen molar-refractivity contribution in [2.75, 3.05) is 17.5 Å². The summed E-state index contributed by atoms with van der Waals surface area (Å²) in [5.41, 5.74) is 1.93. The van der Waals surface area contributed by atoms with Crippen LogP contribution in [-0.2, 0) is 32.6 Å². The first-order chi connectivity index (χ1) is 23.2. The highest BCUT2D eigenvalue weighted by atomic mass is 35.5. The minimum Gasteiger partial charge on any atom is -0.494 e. The number of benzene rings is 4. The first-order valence-corrected chi connectivity index (χ1v) is 18.2. The predicted octanol–water partition coefficient (Wildman–Crippen LogP) is 7.02. The van der Waals surface area contributed by atoms with Gasteiger partial charge in [-0.2, -0.15) is 0 Å². The first-order valence-electron chi connectivity index (χ1n) is 16.4. The van der Waals surface area contributed by atoms with Crippen molar-refractivity contribution < 1.29 is 22.7 Å². The molecule has 1 aliphatic carbocycles. The van der Waals surface area contributed by atoms with Gasteiger partial charge in [0, 0.05) is 24.0 Å². The minimum atomic E-state index is -4.21. The van der Waals surface area contributed by atoms with Crippen LogP contribution in [0.1, 0.15) is 50.2 Å². The van der Waals surface area contributed by atoms with Crippen LogP contribution in [0.4, 0.5) is 5.69 Å². The van der Waals surface area contributed by atoms with Gasteiger partial charge in [-0.3, -0.25) is 13.9 Å². The Labute approximate surface area is 288 Å². The highest BCUT2D eigenvalue weighted by Gasteiger charge is 2.35. The lowest BCUT2D eigenvalue weighted by molar-refractivity contribution is -0.140. The molecule has 1 fully saturated rings. The van der Waals surface area contributed by atoms with E-state index in [0.717, 1.165) is 47.5 Å². The Bertz CT molecular complexity index is 1750. The van der Waals surface area contributed by atoms with Crippen LogP contribution in [0, 0.1) is 0 Å². The van der Waals surface area contributed by atoms with E-state index in [4.69, 9.17) is 16.3 Å². The molecule has 1 N–H and O–H groups in total. The number of rotatable bonds is 14. The van der Waals surface area contributed by atoms with E-state index in [1.165, 1.54) is 17.0 Å². The molecule has 2 amide bonds. The van der Waals surface area contributed by atoms with Crippen LogP contribution in [-0.4, -0.2) is 50.4 Å². The van der Waals surface area contributed by atoms with Crippen molar-refractivity contribution in [3.8, 4) is 5.75 Å². The molecule has 48 heavy (non-hydrogen) atoms. The molecule has 1 atom stereocenters. The van der Waals surface area contributed by atoms with Gasteiger partial charge in [-0.15, -0.1) is 0 Å². The van der Waals surface area contributed by atoms with E-state index in [2.05, 4.69) is 5.32 Å². The molecule has 0 saturated heterocycles. The second-order valence-electron chi connectivity index (χ2n) is 12.0. The number of carbonyl (C=O) groups excluding carboxylic acids is 2. The summed E-state index contributed by atoms with van der Waals surface area (Å²) in [5, 5.41) is 3.72. The van der Waals surface area contributed by atoms with E-state index in [1.54, 1.807) is 60.7 Å². The lowest BCUT2D eigenvalue weighted by Gasteiger charge is -2.35. The zero-order chi connectivity index (χ0) is 33.9. The Balaban J connectivity index is 1.54. The maximum Gasteiger partial charge on any atom is 0.264 e. The van der Waals surface area contributed by atoms with E-state index in [1.807, 2.05) is 43.3 Å². The topological polar surface area (TPSA) is 96.0 Å². The van der Waals surface area contributed by atoms with Crippen molar-refractivity contribution in [3.05, 3.63) is 125 Å². The number of anilines is 1. The second-order valence-corrected chi connectivity index (χ2v) is 14.3. The fourth-order valence-electron chi connectivity index (χ4n) is 6.06. The van der Waals surface area contributed by atoms with Gasteiger partial charge in [0.15, 0.2) is 0 Å². The normalized spacial score (nSPS) is 14.1. The molecule has 0 aliphatic heterocycles. The molecule has 5 rings (SSSR count). The quantitative estimate of drug-likeness (QED) is 0.154. The van der Waals surface area contributed by atoms with Crippen molar-refractivity contribution in [1.29, 1.82) is 0 Å². The Morgan fingerprint density at radius 3 is 2.15 bits per heavy atom. The van der Waals surface area contributed by atoms with Crippen molar-refractivity contribution in [2.45, 2.75) is 69.0 Å². The van der Waals surface area contributed by atoms with Crippen LogP contribution in [0.2, 0.25) is 5.02 Å². The number of carbonyl (C=O) groups is 2. The van der Waals surface area contributed by atoms with Crippen LogP contribution >= 0.6 is 11.6 Å². The smallest absolute Gasteiger partial charge is 0.264 e. The zero-order valence-electron chi connectivity index (χ0n) is 27.1. The molecule has 1 aliphatic rings. The molecule has 4 aromatic carbocycles. The second kappa shape index (κ2) is 16.7. The van der Waals surface area contributed by atoms with Crippen molar-refractivity contribution in [3.63, 3.8) is 0 Å². The maximum absolute atomic E-state index is 14.6. The summed E-state index contributed by atoms with van der Waals surface area (Å²) >= 11 is 6.35. The zero-order valence-corrected chi connectivity index (χ0v) is 28.7. The number of nitrogens with zero attached hydrogens (tertiary/aromatic N) is 2. The number of hydrogen-bond donors (Lipinski definition) is 1. The number of halogens is 1. The van der Waals surface area contributed by atoms with Gasteiger partial charge >= 0.3 is 0 Å². The van der Waals surface area contributed by atoms with Gasteiger partial charge in [-0.25, -0.2) is 8.42 Å². The molecular weight excluding hydrogens is 646 g/mol. The Hall–Kier alpha value is -4.34. The van der Waals surface area contributed by atoms with E-state index in [-0.39, 0.29) is 29.8 Å². The molecule has 0 heterocycles. The summed E-state index contributed by atoms with van der Waals surface area (Å²) in [4.78, 5) is 30.4. The molecular formula is C38H42ClN3O5S. The van der Waals surface area contributed by atoms with Crippen LogP contribution in [0.15, 0.2) is 114 Å². The van der Waals surface area contributed by atoms with Gasteiger partial charge < -0.3 is 15.0 Å². The molecule has 0 spiro atoms. The molecule has 10 heteroatoms. The lowest BCUT2D eigenvalue weighted by Crippen LogP contribution is -2.55. The third-order valence-electron chi connectivity index (χ3n) is 8.51. The number of hydrogen-bond acceptors (Lipinski definition) is 5. The van der Waals surface area contributed by atoms with Gasteiger partial charge in [0.25, 0.3) is 10.0 Å². The molecule has 8 nitrogen and oxygen atoms in total. The summed E-state index contributed by atoms with van der Waals surface area (Å²) in [6, 6.07) is 30.5. The predicted molar refractivity (Wildman–Crippen MR) is 190 cm³/mol. The molecule has 4 aromatic rings. The average Bonchev–Trinajstić information content (AvgIpc) is 3.10. The SMILES string of the molecule is CCOc1ccc(S(=O)(=O)N(CC(=O)N(Cc2cccc(Cl)c2)[C@H](Cc2ccccc2)C(=O)NC2CCCCC2)c2ccccc2)cc1. The fourth-order valence-corrected chi connectivity index (χ4v) is 7.68. The van der Waals surface area contributed by atoms with Gasteiger partial charge in [0.2, 0.25) is 11.8 Å². The number of sulfonamides is 1. The van der Waals surface area contributed by atoms with Crippen LogP contribution in [0.25, 0.3) is 0 Å². The van der Waals surface area contributed by atoms with Gasteiger partial charge in [0.05, 0.1) is 17.2 Å². The van der Waals surface area contributed by atoms with E-state index >= 15 is 0 Å². The first kappa shape index (κ1) is 35.0. The number of amides is 2. The molecule has 252 valence electrons. The monoisotopic (exact) mass is 687 g/mol. The molecule has 0 aromatic heterocycles. The van der Waals surface area contributed by atoms with E-state index in [0.29, 0.717) is 23.1 Å². The molecule has 1 saturated carbocycles. The van der Waals surface area contributed by atoms with Gasteiger partial charge in [-0.05, 0) is 79.4 Å². The minimum absolute atomic E-state index is 0.0138. The number of nitrogens with one attached hydrogen (secondary N) is 1. The Morgan fingerprint density at radius 2 is 1.50 bits per heavy atom. The summed E-state index contributed by atoms with van der Waals surface area (Å²) in [6.07, 6.45) is 5.23. The fraction of sp³-hybridized carbons (Fsp3) is 0.316. The van der Waals surface area contributed by atoms with Crippen molar-refractivity contribution >= 4 is 39.1 Å². The van der Waals surface area contributed by atoms with E-state index < -0.39 is 28.5 Å². The molecule has 0 radical (unpaired) electrons. The Morgan fingerprint density at radius 1 is 0.854 bits per heavy atom. The van der Waals surface area contributed by atoms with Gasteiger partial charge in [-0.1, -0.05) is 91.5 Å². The van der Waals surface area contributed by atoms with Gasteiger partial charge in [0.1, 0.15) is 18.3 Å². The van der Waals surface area contributed by atoms with Crippen molar-refractivity contribution in [2.24, 2.45) is 0 Å². The highest BCUT2D eigenvalue weighted by Crippen LogP contribution is 2.27. The average molecular weight is 688 g/mol. The summed E-state index contributed by atoms with van der Waals surface area (Å²) in [5.74, 6) is -0.242. The number of para-hydroxylation sites is 1. The van der Waals surface area contributed by atoms with Crippen molar-refractivity contribution in [1.82, 2.24) is 10.2 Å². The Kier molecular flexibility index (Phi) is 12.1. The molecule has 0 bridgehead atoms. The standard InChI is InChI=1S/C38H42ClN3O5S/c1-2-47-34-21-23-35(24-22-34)48(45,46)42(33-19-10-5-11-20-33)28-37(43)41(27-30-15-12-16-31(39)25-30)36(26-29-13-6-3-7-14-29)38(44)40-32-17-8-4-9-18-32/h3,5-7,10-16,19-25,32,36H,2,4,8-9,17-18,26-28H2,1H3,(H,40,44)/t36-/m1/s1. The van der Waals surface area contributed by atoms with Crippen LogP contribution in [0.5, 0.6) is 5.75 Å². The lowest BCUT2D eigenvalue weighted by atomic mass is 9.94. The third-order valence-corrected chi connectivity index (χ3v) is 10.5. The summed E-state index contributed by atoms with van der Waals surface area (Å²) in [7, 11) is -4.21. The third kappa shape index (κ3) is 9.17. The largest absolute Gasteiger partial charge is 0.494 e.